The normalized spacial score (nSPS) is 17.9. The van der Waals surface area contributed by atoms with Gasteiger partial charge in [-0.25, -0.2) is 0 Å². The van der Waals surface area contributed by atoms with Gasteiger partial charge in [0.05, 0.1) is 13.2 Å². The molecule has 118 valence electrons. The minimum atomic E-state index is -0.142. The average molecular weight is 307 g/mol. The van der Waals surface area contributed by atoms with Crippen LogP contribution >= 0.6 is 12.4 Å². The first-order valence-corrected chi connectivity index (χ1v) is 7.32. The van der Waals surface area contributed by atoms with Crippen molar-refractivity contribution in [3.05, 3.63) is 0 Å². The van der Waals surface area contributed by atoms with Crippen LogP contribution in [0.4, 0.5) is 0 Å². The molecule has 0 spiro atoms. The molecule has 2 N–H and O–H groups in total. The SMILES string of the molecule is COC(=O)CCCCCCNC(=O)C1CCCCN1.Cl. The summed E-state index contributed by atoms with van der Waals surface area (Å²) < 4.78 is 4.57. The number of carbonyl (C=O) groups is 2. The Hall–Kier alpha value is -0.810. The Balaban J connectivity index is 0.00000361. The first-order valence-electron chi connectivity index (χ1n) is 7.32. The molecule has 0 aromatic carbocycles. The van der Waals surface area contributed by atoms with E-state index in [0.717, 1.165) is 51.6 Å². The van der Waals surface area contributed by atoms with E-state index in [0.29, 0.717) is 6.42 Å². The number of hydrogen-bond acceptors (Lipinski definition) is 4. The van der Waals surface area contributed by atoms with Crippen LogP contribution in [-0.2, 0) is 14.3 Å². The van der Waals surface area contributed by atoms with E-state index in [1.165, 1.54) is 13.5 Å². The van der Waals surface area contributed by atoms with Gasteiger partial charge in [-0.05, 0) is 32.2 Å². The molecule has 0 aliphatic carbocycles. The Morgan fingerprint density at radius 3 is 2.60 bits per heavy atom. The number of piperidine rings is 1. The van der Waals surface area contributed by atoms with E-state index in [1.54, 1.807) is 0 Å². The Labute approximate surface area is 127 Å². The minimum Gasteiger partial charge on any atom is -0.469 e. The van der Waals surface area contributed by atoms with Crippen LogP contribution in [0.1, 0.15) is 51.4 Å². The molecular formula is C14H27ClN2O3. The van der Waals surface area contributed by atoms with Gasteiger partial charge in [-0.1, -0.05) is 19.3 Å². The van der Waals surface area contributed by atoms with Gasteiger partial charge in [0.15, 0.2) is 0 Å². The molecule has 0 radical (unpaired) electrons. The van der Waals surface area contributed by atoms with Gasteiger partial charge < -0.3 is 15.4 Å². The maximum atomic E-state index is 11.8. The molecule has 1 fully saturated rings. The summed E-state index contributed by atoms with van der Waals surface area (Å²) in [5, 5.41) is 6.21. The number of ether oxygens (including phenoxy) is 1. The third kappa shape index (κ3) is 8.38. The zero-order valence-electron chi connectivity index (χ0n) is 12.3. The van der Waals surface area contributed by atoms with Crippen molar-refractivity contribution in [1.29, 1.82) is 0 Å². The molecule has 1 aliphatic heterocycles. The number of unbranched alkanes of at least 4 members (excludes halogenated alkanes) is 3. The number of esters is 1. The Morgan fingerprint density at radius 1 is 1.20 bits per heavy atom. The summed E-state index contributed by atoms with van der Waals surface area (Å²) in [6.45, 7) is 1.68. The summed E-state index contributed by atoms with van der Waals surface area (Å²) >= 11 is 0. The number of nitrogens with one attached hydrogen (secondary N) is 2. The molecule has 1 amide bonds. The summed E-state index contributed by atoms with van der Waals surface area (Å²) in [6, 6.07) is 0.00748. The molecule has 0 bridgehead atoms. The van der Waals surface area contributed by atoms with Gasteiger partial charge in [0.2, 0.25) is 5.91 Å². The second-order valence-corrected chi connectivity index (χ2v) is 5.03. The lowest BCUT2D eigenvalue weighted by atomic mass is 10.0. The minimum absolute atomic E-state index is 0. The topological polar surface area (TPSA) is 67.4 Å². The van der Waals surface area contributed by atoms with Crippen molar-refractivity contribution in [1.82, 2.24) is 10.6 Å². The zero-order valence-corrected chi connectivity index (χ0v) is 13.1. The van der Waals surface area contributed by atoms with Gasteiger partial charge in [0.1, 0.15) is 0 Å². The van der Waals surface area contributed by atoms with Crippen molar-refractivity contribution < 1.29 is 14.3 Å². The number of methoxy groups -OCH3 is 1. The molecule has 0 aromatic rings. The molecule has 1 aliphatic rings. The van der Waals surface area contributed by atoms with Crippen LogP contribution in [0.5, 0.6) is 0 Å². The summed E-state index contributed by atoms with van der Waals surface area (Å²) in [4.78, 5) is 22.7. The molecule has 1 unspecified atom stereocenters. The predicted molar refractivity (Wildman–Crippen MR) is 81.0 cm³/mol. The highest BCUT2D eigenvalue weighted by Gasteiger charge is 2.19. The largest absolute Gasteiger partial charge is 0.469 e. The quantitative estimate of drug-likeness (QED) is 0.530. The number of rotatable bonds is 8. The number of halogens is 1. The molecule has 0 aromatic heterocycles. The molecule has 0 saturated carbocycles. The fourth-order valence-electron chi connectivity index (χ4n) is 2.26. The standard InChI is InChI=1S/C14H26N2O3.ClH/c1-19-13(17)9-4-2-3-6-11-16-14(18)12-8-5-7-10-15-12;/h12,15H,2-11H2,1H3,(H,16,18);1H. The van der Waals surface area contributed by atoms with Gasteiger partial charge in [-0.2, -0.15) is 0 Å². The van der Waals surface area contributed by atoms with Crippen LogP contribution in [0.25, 0.3) is 0 Å². The van der Waals surface area contributed by atoms with Crippen molar-refractivity contribution in [3.8, 4) is 0 Å². The summed E-state index contributed by atoms with van der Waals surface area (Å²) in [5.41, 5.74) is 0. The molecule has 1 rings (SSSR count). The van der Waals surface area contributed by atoms with E-state index in [-0.39, 0.29) is 30.3 Å². The lowest BCUT2D eigenvalue weighted by Crippen LogP contribution is -2.46. The van der Waals surface area contributed by atoms with E-state index in [9.17, 15) is 9.59 Å². The van der Waals surface area contributed by atoms with Crippen molar-refractivity contribution in [2.75, 3.05) is 20.2 Å². The Bertz CT molecular complexity index is 282. The highest BCUT2D eigenvalue weighted by Crippen LogP contribution is 2.07. The van der Waals surface area contributed by atoms with Crippen molar-refractivity contribution in [2.45, 2.75) is 57.4 Å². The Morgan fingerprint density at radius 2 is 1.95 bits per heavy atom. The van der Waals surface area contributed by atoms with E-state index in [1.807, 2.05) is 0 Å². The average Bonchev–Trinajstić information content (AvgIpc) is 2.46. The van der Waals surface area contributed by atoms with Crippen molar-refractivity contribution in [2.24, 2.45) is 0 Å². The van der Waals surface area contributed by atoms with Crippen LogP contribution in [-0.4, -0.2) is 38.1 Å². The van der Waals surface area contributed by atoms with Gasteiger partial charge >= 0.3 is 5.97 Å². The highest BCUT2D eigenvalue weighted by atomic mass is 35.5. The zero-order chi connectivity index (χ0) is 13.9. The monoisotopic (exact) mass is 306 g/mol. The highest BCUT2D eigenvalue weighted by molar-refractivity contribution is 5.85. The maximum Gasteiger partial charge on any atom is 0.305 e. The molecular weight excluding hydrogens is 280 g/mol. The third-order valence-corrected chi connectivity index (χ3v) is 3.46. The fourth-order valence-corrected chi connectivity index (χ4v) is 2.26. The van der Waals surface area contributed by atoms with Crippen molar-refractivity contribution >= 4 is 24.3 Å². The van der Waals surface area contributed by atoms with Gasteiger partial charge in [-0.3, -0.25) is 9.59 Å². The van der Waals surface area contributed by atoms with E-state index >= 15 is 0 Å². The number of carbonyl (C=O) groups excluding carboxylic acids is 2. The van der Waals surface area contributed by atoms with Crippen LogP contribution in [0.15, 0.2) is 0 Å². The first-order chi connectivity index (χ1) is 9.24. The molecule has 5 nitrogen and oxygen atoms in total. The van der Waals surface area contributed by atoms with Crippen molar-refractivity contribution in [3.63, 3.8) is 0 Å². The number of hydrogen-bond donors (Lipinski definition) is 2. The molecule has 20 heavy (non-hydrogen) atoms. The molecule has 1 saturated heterocycles. The van der Waals surface area contributed by atoms with Crippen LogP contribution in [0, 0.1) is 0 Å². The summed E-state index contributed by atoms with van der Waals surface area (Å²) in [5.74, 6) is -0.00839. The third-order valence-electron chi connectivity index (χ3n) is 3.46. The second-order valence-electron chi connectivity index (χ2n) is 5.03. The molecule has 1 atom stereocenters. The lowest BCUT2D eigenvalue weighted by Gasteiger charge is -2.22. The predicted octanol–water partition coefficient (Wildman–Crippen LogP) is 1.79. The first kappa shape index (κ1) is 19.2. The van der Waals surface area contributed by atoms with E-state index in [4.69, 9.17) is 0 Å². The summed E-state index contributed by atoms with van der Waals surface area (Å²) in [7, 11) is 1.41. The maximum absolute atomic E-state index is 11.8. The smallest absolute Gasteiger partial charge is 0.305 e. The van der Waals surface area contributed by atoms with E-state index < -0.39 is 0 Å². The van der Waals surface area contributed by atoms with Crippen LogP contribution in [0.2, 0.25) is 0 Å². The fraction of sp³-hybridized carbons (Fsp3) is 0.857. The summed E-state index contributed by atoms with van der Waals surface area (Å²) in [6.07, 6.45) is 7.63. The van der Waals surface area contributed by atoms with Gasteiger partial charge in [-0.15, -0.1) is 12.4 Å². The Kier molecular flexibility index (Phi) is 11.5. The van der Waals surface area contributed by atoms with Crippen LogP contribution < -0.4 is 10.6 Å². The number of amides is 1. The van der Waals surface area contributed by atoms with Gasteiger partial charge in [0.25, 0.3) is 0 Å². The molecule has 6 heteroatoms. The molecule has 1 heterocycles. The van der Waals surface area contributed by atoms with Crippen LogP contribution in [0.3, 0.4) is 0 Å². The second kappa shape index (κ2) is 12.0. The van der Waals surface area contributed by atoms with Gasteiger partial charge in [0, 0.05) is 13.0 Å². The van der Waals surface area contributed by atoms with E-state index in [2.05, 4.69) is 15.4 Å². The lowest BCUT2D eigenvalue weighted by molar-refractivity contribution is -0.140.